The summed E-state index contributed by atoms with van der Waals surface area (Å²) in [6.45, 7) is 5.56. The molecule has 0 amide bonds. The van der Waals surface area contributed by atoms with E-state index in [1.54, 1.807) is 0 Å². The number of anilines is 1. The van der Waals surface area contributed by atoms with Gasteiger partial charge in [-0.3, -0.25) is 0 Å². The van der Waals surface area contributed by atoms with Gasteiger partial charge >= 0.3 is 0 Å². The lowest BCUT2D eigenvalue weighted by Gasteiger charge is -2.42. The van der Waals surface area contributed by atoms with Gasteiger partial charge in [0.15, 0.2) is 0 Å². The van der Waals surface area contributed by atoms with Gasteiger partial charge in [0.25, 0.3) is 0 Å². The van der Waals surface area contributed by atoms with E-state index in [9.17, 15) is 0 Å². The van der Waals surface area contributed by atoms with Gasteiger partial charge in [-0.2, -0.15) is 0 Å². The third-order valence-electron chi connectivity index (χ3n) is 5.28. The molecule has 104 valence electrons. The predicted molar refractivity (Wildman–Crippen MR) is 81.5 cm³/mol. The Hall–Kier alpha value is -1.02. The number of hydrogen-bond donors (Lipinski definition) is 1. The Morgan fingerprint density at radius 3 is 2.74 bits per heavy atom. The van der Waals surface area contributed by atoms with Gasteiger partial charge in [0, 0.05) is 24.2 Å². The number of benzene rings is 1. The SMILES string of the molecule is CC1CCC(CN)(CN2CCc3ccccc32)CC1. The molecule has 0 spiro atoms. The van der Waals surface area contributed by atoms with E-state index in [2.05, 4.69) is 36.1 Å². The van der Waals surface area contributed by atoms with Gasteiger partial charge in [0.2, 0.25) is 0 Å². The highest BCUT2D eigenvalue weighted by Crippen LogP contribution is 2.40. The van der Waals surface area contributed by atoms with E-state index < -0.39 is 0 Å². The van der Waals surface area contributed by atoms with Crippen LogP contribution in [-0.4, -0.2) is 19.6 Å². The van der Waals surface area contributed by atoms with Crippen molar-refractivity contribution in [1.82, 2.24) is 0 Å². The minimum Gasteiger partial charge on any atom is -0.370 e. The van der Waals surface area contributed by atoms with Crippen LogP contribution < -0.4 is 10.6 Å². The lowest BCUT2D eigenvalue weighted by atomic mass is 9.70. The standard InChI is InChI=1S/C17H26N2/c1-14-6-9-17(12-18,10-7-14)13-19-11-8-15-4-2-3-5-16(15)19/h2-5,14H,6-13,18H2,1H3. The van der Waals surface area contributed by atoms with E-state index in [1.807, 2.05) is 0 Å². The molecule has 3 rings (SSSR count). The highest BCUT2D eigenvalue weighted by Gasteiger charge is 2.36. The molecular formula is C17H26N2. The second kappa shape index (κ2) is 5.16. The van der Waals surface area contributed by atoms with Crippen molar-refractivity contribution >= 4 is 5.69 Å². The fourth-order valence-electron chi connectivity index (χ4n) is 3.78. The molecule has 0 aromatic heterocycles. The van der Waals surface area contributed by atoms with E-state index in [1.165, 1.54) is 49.9 Å². The first-order valence-corrected chi connectivity index (χ1v) is 7.75. The van der Waals surface area contributed by atoms with Crippen LogP contribution >= 0.6 is 0 Å². The van der Waals surface area contributed by atoms with Gasteiger partial charge in [-0.1, -0.05) is 38.0 Å². The Balaban J connectivity index is 1.74. The molecule has 1 fully saturated rings. The molecule has 0 bridgehead atoms. The Kier molecular flexibility index (Phi) is 3.53. The predicted octanol–water partition coefficient (Wildman–Crippen LogP) is 3.20. The highest BCUT2D eigenvalue weighted by atomic mass is 15.2. The van der Waals surface area contributed by atoms with Crippen LogP contribution in [-0.2, 0) is 6.42 Å². The maximum atomic E-state index is 6.16. The number of fused-ring (bicyclic) bond motifs is 1. The number of nitrogens with zero attached hydrogens (tertiary/aromatic N) is 1. The summed E-state index contributed by atoms with van der Waals surface area (Å²) in [5.41, 5.74) is 9.49. The quantitative estimate of drug-likeness (QED) is 0.902. The lowest BCUT2D eigenvalue weighted by molar-refractivity contribution is 0.170. The Morgan fingerprint density at radius 2 is 2.00 bits per heavy atom. The normalized spacial score (nSPS) is 30.4. The molecule has 0 radical (unpaired) electrons. The van der Waals surface area contributed by atoms with Crippen molar-refractivity contribution in [2.45, 2.75) is 39.0 Å². The third kappa shape index (κ3) is 2.51. The fraction of sp³-hybridized carbons (Fsp3) is 0.647. The van der Waals surface area contributed by atoms with Gasteiger partial charge in [-0.25, -0.2) is 0 Å². The van der Waals surface area contributed by atoms with Crippen LogP contribution in [0.2, 0.25) is 0 Å². The molecule has 2 N–H and O–H groups in total. The zero-order valence-corrected chi connectivity index (χ0v) is 12.1. The number of hydrogen-bond acceptors (Lipinski definition) is 2. The van der Waals surface area contributed by atoms with Crippen molar-refractivity contribution in [3.63, 3.8) is 0 Å². The summed E-state index contributed by atoms with van der Waals surface area (Å²) in [4.78, 5) is 2.58. The van der Waals surface area contributed by atoms with Crippen LogP contribution in [0.3, 0.4) is 0 Å². The van der Waals surface area contributed by atoms with E-state index in [4.69, 9.17) is 5.73 Å². The van der Waals surface area contributed by atoms with Crippen molar-refractivity contribution in [3.8, 4) is 0 Å². The molecule has 0 unspecified atom stereocenters. The minimum atomic E-state index is 0.365. The van der Waals surface area contributed by atoms with Gasteiger partial charge in [-0.15, -0.1) is 0 Å². The van der Waals surface area contributed by atoms with Crippen LogP contribution in [0.15, 0.2) is 24.3 Å². The molecule has 1 aliphatic carbocycles. The summed E-state index contributed by atoms with van der Waals surface area (Å²) >= 11 is 0. The molecule has 2 aliphatic rings. The summed E-state index contributed by atoms with van der Waals surface area (Å²) in [5, 5.41) is 0. The van der Waals surface area contributed by atoms with Crippen molar-refractivity contribution in [2.75, 3.05) is 24.5 Å². The second-order valence-electron chi connectivity index (χ2n) is 6.69. The average Bonchev–Trinajstić information content (AvgIpc) is 2.85. The first kappa shape index (κ1) is 13.0. The van der Waals surface area contributed by atoms with E-state index in [0.717, 1.165) is 19.0 Å². The lowest BCUT2D eigenvalue weighted by Crippen LogP contribution is -2.44. The molecule has 2 nitrogen and oxygen atoms in total. The Bertz CT molecular complexity index is 433. The van der Waals surface area contributed by atoms with Gasteiger partial charge in [0.1, 0.15) is 0 Å². The molecule has 1 aromatic rings. The van der Waals surface area contributed by atoms with E-state index >= 15 is 0 Å². The van der Waals surface area contributed by atoms with Crippen molar-refractivity contribution in [1.29, 1.82) is 0 Å². The maximum absolute atomic E-state index is 6.16. The topological polar surface area (TPSA) is 29.3 Å². The van der Waals surface area contributed by atoms with Crippen molar-refractivity contribution in [2.24, 2.45) is 17.1 Å². The molecule has 1 aromatic carbocycles. The monoisotopic (exact) mass is 258 g/mol. The van der Waals surface area contributed by atoms with Crippen LogP contribution in [0, 0.1) is 11.3 Å². The first-order valence-electron chi connectivity index (χ1n) is 7.75. The summed E-state index contributed by atoms with van der Waals surface area (Å²) in [5.74, 6) is 0.894. The molecule has 0 saturated heterocycles. The first-order chi connectivity index (χ1) is 9.22. The summed E-state index contributed by atoms with van der Waals surface area (Å²) in [6.07, 6.45) is 6.53. The molecule has 1 saturated carbocycles. The average molecular weight is 258 g/mol. The Labute approximate surface area is 117 Å². The summed E-state index contributed by atoms with van der Waals surface area (Å²) in [7, 11) is 0. The van der Waals surface area contributed by atoms with E-state index in [0.29, 0.717) is 5.41 Å². The van der Waals surface area contributed by atoms with Crippen LogP contribution in [0.25, 0.3) is 0 Å². The van der Waals surface area contributed by atoms with Crippen LogP contribution in [0.1, 0.15) is 38.2 Å². The van der Waals surface area contributed by atoms with Crippen molar-refractivity contribution in [3.05, 3.63) is 29.8 Å². The molecule has 0 atom stereocenters. The zero-order valence-electron chi connectivity index (χ0n) is 12.1. The van der Waals surface area contributed by atoms with Crippen LogP contribution in [0.5, 0.6) is 0 Å². The number of para-hydroxylation sites is 1. The molecule has 2 heteroatoms. The number of nitrogens with two attached hydrogens (primary N) is 1. The van der Waals surface area contributed by atoms with Gasteiger partial charge < -0.3 is 10.6 Å². The fourth-order valence-corrected chi connectivity index (χ4v) is 3.78. The van der Waals surface area contributed by atoms with Crippen LogP contribution in [0.4, 0.5) is 5.69 Å². The largest absolute Gasteiger partial charge is 0.370 e. The zero-order chi connectivity index (χ0) is 13.3. The smallest absolute Gasteiger partial charge is 0.0399 e. The summed E-state index contributed by atoms with van der Waals surface area (Å²) < 4.78 is 0. The molecule has 19 heavy (non-hydrogen) atoms. The molecule has 1 aliphatic heterocycles. The maximum Gasteiger partial charge on any atom is 0.0399 e. The second-order valence-corrected chi connectivity index (χ2v) is 6.69. The number of rotatable bonds is 3. The summed E-state index contributed by atoms with van der Waals surface area (Å²) in [6, 6.07) is 8.87. The third-order valence-corrected chi connectivity index (χ3v) is 5.28. The van der Waals surface area contributed by atoms with Gasteiger partial charge in [-0.05, 0) is 43.4 Å². The molecule has 1 heterocycles. The van der Waals surface area contributed by atoms with E-state index in [-0.39, 0.29) is 0 Å². The molecular weight excluding hydrogens is 232 g/mol. The minimum absolute atomic E-state index is 0.365. The van der Waals surface area contributed by atoms with Gasteiger partial charge in [0.05, 0.1) is 0 Å². The Morgan fingerprint density at radius 1 is 1.26 bits per heavy atom. The van der Waals surface area contributed by atoms with Crippen molar-refractivity contribution < 1.29 is 0 Å². The highest BCUT2D eigenvalue weighted by molar-refractivity contribution is 5.58.